The van der Waals surface area contributed by atoms with Gasteiger partial charge in [0, 0.05) is 10.7 Å². The summed E-state index contributed by atoms with van der Waals surface area (Å²) in [7, 11) is 3.25. The van der Waals surface area contributed by atoms with E-state index in [1.165, 1.54) is 6.33 Å². The van der Waals surface area contributed by atoms with E-state index in [1.54, 1.807) is 14.2 Å². The van der Waals surface area contributed by atoms with E-state index in [1.807, 2.05) is 47.1 Å². The maximum atomic E-state index is 6.01. The first-order chi connectivity index (χ1) is 12.7. The van der Waals surface area contributed by atoms with E-state index in [9.17, 15) is 0 Å². The van der Waals surface area contributed by atoms with E-state index in [-0.39, 0.29) is 6.04 Å². The summed E-state index contributed by atoms with van der Waals surface area (Å²) in [6, 6.07) is 13.4. The van der Waals surface area contributed by atoms with Gasteiger partial charge in [0.2, 0.25) is 5.95 Å². The van der Waals surface area contributed by atoms with Gasteiger partial charge in [-0.25, -0.2) is 4.68 Å². The van der Waals surface area contributed by atoms with Crippen LogP contribution in [0.2, 0.25) is 5.02 Å². The monoisotopic (exact) mass is 368 g/mol. The number of nitrogens with zero attached hydrogens (tertiary/aromatic N) is 3. The fraction of sp³-hybridized carbons (Fsp3) is 0.158. The Kier molecular flexibility index (Phi) is 4.26. The molecule has 1 N–H and O–H groups in total. The molecule has 0 radical (unpaired) electrons. The molecule has 7 heteroatoms. The largest absolute Gasteiger partial charge is 0.493 e. The van der Waals surface area contributed by atoms with Crippen LogP contribution in [-0.2, 0) is 0 Å². The van der Waals surface area contributed by atoms with E-state index < -0.39 is 0 Å². The fourth-order valence-corrected chi connectivity index (χ4v) is 3.13. The average molecular weight is 369 g/mol. The van der Waals surface area contributed by atoms with E-state index >= 15 is 0 Å². The van der Waals surface area contributed by atoms with Crippen molar-refractivity contribution in [2.45, 2.75) is 6.04 Å². The number of fused-ring (bicyclic) bond motifs is 1. The molecule has 2 aromatic carbocycles. The van der Waals surface area contributed by atoms with Crippen molar-refractivity contribution in [1.82, 2.24) is 14.8 Å². The average Bonchev–Trinajstić information content (AvgIpc) is 3.16. The van der Waals surface area contributed by atoms with Crippen LogP contribution >= 0.6 is 11.6 Å². The summed E-state index contributed by atoms with van der Waals surface area (Å²) >= 11 is 6.01. The highest BCUT2D eigenvalue weighted by atomic mass is 35.5. The van der Waals surface area contributed by atoms with Crippen LogP contribution in [0.1, 0.15) is 17.2 Å². The number of benzene rings is 2. The van der Waals surface area contributed by atoms with Crippen LogP contribution in [0, 0.1) is 0 Å². The van der Waals surface area contributed by atoms with Crippen molar-refractivity contribution in [1.29, 1.82) is 0 Å². The van der Waals surface area contributed by atoms with E-state index in [0.29, 0.717) is 22.5 Å². The minimum atomic E-state index is -0.126. The zero-order valence-electron chi connectivity index (χ0n) is 14.3. The second-order valence-corrected chi connectivity index (χ2v) is 6.24. The Morgan fingerprint density at radius 3 is 2.54 bits per heavy atom. The maximum Gasteiger partial charge on any atom is 0.226 e. The van der Waals surface area contributed by atoms with Gasteiger partial charge >= 0.3 is 0 Å². The lowest BCUT2D eigenvalue weighted by atomic mass is 10.0. The van der Waals surface area contributed by atoms with Crippen LogP contribution in [0.4, 0.5) is 5.95 Å². The Bertz CT molecular complexity index is 966. The molecular formula is C19H17ClN4O2. The van der Waals surface area contributed by atoms with Crippen molar-refractivity contribution in [3.8, 4) is 11.5 Å². The third-order valence-electron chi connectivity index (χ3n) is 4.31. The van der Waals surface area contributed by atoms with Gasteiger partial charge in [0.1, 0.15) is 12.4 Å². The molecule has 1 aliphatic heterocycles. The topological polar surface area (TPSA) is 61.2 Å². The molecule has 0 amide bonds. The van der Waals surface area contributed by atoms with Crippen molar-refractivity contribution in [2.75, 3.05) is 19.5 Å². The zero-order chi connectivity index (χ0) is 18.1. The number of allylic oxidation sites excluding steroid dienone is 1. The van der Waals surface area contributed by atoms with Crippen LogP contribution in [-0.4, -0.2) is 29.0 Å². The lowest BCUT2D eigenvalue weighted by Crippen LogP contribution is -2.20. The molecule has 3 aromatic rings. The van der Waals surface area contributed by atoms with Gasteiger partial charge < -0.3 is 14.8 Å². The van der Waals surface area contributed by atoms with Crippen LogP contribution in [0.3, 0.4) is 0 Å². The van der Waals surface area contributed by atoms with Crippen LogP contribution in [0.25, 0.3) is 5.70 Å². The standard InChI is InChI=1S/C19H17ClN4O2/c1-25-17-8-5-13(9-18(17)26-2)16-10-15(12-3-6-14(20)7-4-12)23-19-21-11-22-24(16)19/h3-11,16H,1-2H3,(H,21,22,23)/t16-/m1/s1. The molecule has 0 saturated carbocycles. The van der Waals surface area contributed by atoms with Gasteiger partial charge in [-0.05, 0) is 41.5 Å². The zero-order valence-corrected chi connectivity index (χ0v) is 15.1. The number of anilines is 1. The third-order valence-corrected chi connectivity index (χ3v) is 4.56. The van der Waals surface area contributed by atoms with Crippen molar-refractivity contribution >= 4 is 23.2 Å². The molecule has 4 rings (SSSR count). The number of methoxy groups -OCH3 is 2. The number of halogens is 1. The summed E-state index contributed by atoms with van der Waals surface area (Å²) < 4.78 is 12.6. The third kappa shape index (κ3) is 2.88. The summed E-state index contributed by atoms with van der Waals surface area (Å²) in [5.74, 6) is 2.04. The SMILES string of the molecule is COc1ccc([C@H]2C=C(c3ccc(Cl)cc3)Nc3ncnn32)cc1OC. The van der Waals surface area contributed by atoms with Gasteiger partial charge in [0.25, 0.3) is 0 Å². The number of aromatic nitrogens is 3. The lowest BCUT2D eigenvalue weighted by Gasteiger charge is -2.25. The summed E-state index contributed by atoms with van der Waals surface area (Å²) in [6.45, 7) is 0. The number of hydrogen-bond acceptors (Lipinski definition) is 5. The predicted octanol–water partition coefficient (Wildman–Crippen LogP) is 4.00. The maximum absolute atomic E-state index is 6.01. The molecule has 0 unspecified atom stereocenters. The number of nitrogens with one attached hydrogen (secondary N) is 1. The Labute approximate surface area is 156 Å². The molecule has 0 saturated heterocycles. The summed E-state index contributed by atoms with van der Waals surface area (Å²) in [5, 5.41) is 8.37. The van der Waals surface area contributed by atoms with E-state index in [0.717, 1.165) is 16.8 Å². The Morgan fingerprint density at radius 2 is 1.81 bits per heavy atom. The van der Waals surface area contributed by atoms with Crippen molar-refractivity contribution in [3.63, 3.8) is 0 Å². The molecular weight excluding hydrogens is 352 g/mol. The van der Waals surface area contributed by atoms with Gasteiger partial charge in [0.05, 0.1) is 14.2 Å². The molecule has 132 valence electrons. The van der Waals surface area contributed by atoms with E-state index in [4.69, 9.17) is 21.1 Å². The predicted molar refractivity (Wildman–Crippen MR) is 101 cm³/mol. The molecule has 1 atom stereocenters. The first kappa shape index (κ1) is 16.5. The van der Waals surface area contributed by atoms with E-state index in [2.05, 4.69) is 21.5 Å². The van der Waals surface area contributed by atoms with Gasteiger partial charge in [-0.15, -0.1) is 0 Å². The molecule has 0 spiro atoms. The molecule has 1 aromatic heterocycles. The second-order valence-electron chi connectivity index (χ2n) is 5.80. The molecule has 6 nitrogen and oxygen atoms in total. The van der Waals surface area contributed by atoms with Crippen LogP contribution in [0.5, 0.6) is 11.5 Å². The highest BCUT2D eigenvalue weighted by Gasteiger charge is 2.24. The highest BCUT2D eigenvalue weighted by molar-refractivity contribution is 6.30. The minimum absolute atomic E-state index is 0.126. The van der Waals surface area contributed by atoms with Crippen LogP contribution < -0.4 is 14.8 Å². The summed E-state index contributed by atoms with van der Waals surface area (Å²) in [6.07, 6.45) is 3.64. The van der Waals surface area contributed by atoms with Crippen molar-refractivity contribution in [3.05, 3.63) is 71.0 Å². The molecule has 2 heterocycles. The van der Waals surface area contributed by atoms with Gasteiger partial charge in [-0.3, -0.25) is 0 Å². The Morgan fingerprint density at radius 1 is 1.04 bits per heavy atom. The summed E-state index contributed by atoms with van der Waals surface area (Å²) in [4.78, 5) is 4.32. The lowest BCUT2D eigenvalue weighted by molar-refractivity contribution is 0.354. The first-order valence-corrected chi connectivity index (χ1v) is 8.43. The Hall–Kier alpha value is -2.99. The normalized spacial score (nSPS) is 15.7. The summed E-state index contributed by atoms with van der Waals surface area (Å²) in [5.41, 5.74) is 2.98. The molecule has 26 heavy (non-hydrogen) atoms. The van der Waals surface area contributed by atoms with Gasteiger partial charge in [-0.2, -0.15) is 10.1 Å². The number of ether oxygens (including phenoxy) is 2. The van der Waals surface area contributed by atoms with Gasteiger partial charge in [0.15, 0.2) is 11.5 Å². The Balaban J connectivity index is 1.80. The quantitative estimate of drug-likeness (QED) is 0.754. The smallest absolute Gasteiger partial charge is 0.226 e. The fourth-order valence-electron chi connectivity index (χ4n) is 3.01. The van der Waals surface area contributed by atoms with Gasteiger partial charge in [-0.1, -0.05) is 29.8 Å². The molecule has 0 aliphatic carbocycles. The van der Waals surface area contributed by atoms with Crippen molar-refractivity contribution in [2.24, 2.45) is 0 Å². The molecule has 1 aliphatic rings. The number of rotatable bonds is 4. The molecule has 0 bridgehead atoms. The van der Waals surface area contributed by atoms with Crippen molar-refractivity contribution < 1.29 is 9.47 Å². The highest BCUT2D eigenvalue weighted by Crippen LogP contribution is 2.36. The first-order valence-electron chi connectivity index (χ1n) is 8.06. The van der Waals surface area contributed by atoms with Crippen LogP contribution in [0.15, 0.2) is 54.9 Å². The minimum Gasteiger partial charge on any atom is -0.493 e. The number of hydrogen-bond donors (Lipinski definition) is 1. The second kappa shape index (κ2) is 6.72. The molecule has 0 fully saturated rings.